The Balaban J connectivity index is 2.15. The van der Waals surface area contributed by atoms with Gasteiger partial charge in [0.05, 0.1) is 0 Å². The zero-order valence-corrected chi connectivity index (χ0v) is 6.34. The van der Waals surface area contributed by atoms with E-state index >= 15 is 0 Å². The van der Waals surface area contributed by atoms with Crippen molar-refractivity contribution in [1.29, 1.82) is 0 Å². The molecule has 2 rings (SSSR count). The molecule has 3 N–H and O–H groups in total. The largest absolute Gasteiger partial charge is 0.368 e. The van der Waals surface area contributed by atoms with Gasteiger partial charge in [0.1, 0.15) is 5.54 Å². The van der Waals surface area contributed by atoms with E-state index in [0.717, 1.165) is 19.5 Å². The van der Waals surface area contributed by atoms with Crippen LogP contribution in [0.3, 0.4) is 0 Å². The predicted octanol–water partition coefficient (Wildman–Crippen LogP) is -1.56. The lowest BCUT2D eigenvalue weighted by molar-refractivity contribution is -0.132. The Kier molecular flexibility index (Phi) is 1.40. The van der Waals surface area contributed by atoms with Gasteiger partial charge in [-0.3, -0.25) is 4.79 Å². The summed E-state index contributed by atoms with van der Waals surface area (Å²) in [6.45, 7) is 2.47. The van der Waals surface area contributed by atoms with Crippen molar-refractivity contribution >= 4 is 5.91 Å². The molecule has 2 heterocycles. The van der Waals surface area contributed by atoms with Crippen LogP contribution in [0.2, 0.25) is 0 Å². The second-order valence-electron chi connectivity index (χ2n) is 3.29. The van der Waals surface area contributed by atoms with Gasteiger partial charge in [-0.25, -0.2) is 5.32 Å². The summed E-state index contributed by atoms with van der Waals surface area (Å²) in [4.78, 5) is 11.0. The van der Waals surface area contributed by atoms with Crippen molar-refractivity contribution in [2.24, 2.45) is 11.7 Å². The number of nitrogens with one attached hydrogen (secondary N) is 1. The fourth-order valence-corrected chi connectivity index (χ4v) is 1.89. The number of fused-ring (bicyclic) bond motifs is 1. The lowest BCUT2D eigenvalue weighted by Gasteiger charge is -2.49. The lowest BCUT2D eigenvalue weighted by Crippen LogP contribution is -2.74. The van der Waals surface area contributed by atoms with Crippen LogP contribution in [-0.2, 0) is 4.79 Å². The van der Waals surface area contributed by atoms with Gasteiger partial charge in [-0.05, 0) is 13.0 Å². The van der Waals surface area contributed by atoms with Gasteiger partial charge >= 0.3 is 0 Å². The number of carbonyl (C=O) groups is 1. The SMILES string of the molecule is NC(=O)C12CNCCC1C[N]2. The lowest BCUT2D eigenvalue weighted by atomic mass is 9.72. The van der Waals surface area contributed by atoms with Crippen LogP contribution in [0.15, 0.2) is 0 Å². The zero-order chi connectivity index (χ0) is 7.90. The summed E-state index contributed by atoms with van der Waals surface area (Å²) in [7, 11) is 0. The van der Waals surface area contributed by atoms with Crippen LogP contribution >= 0.6 is 0 Å². The molecule has 2 fully saturated rings. The Hall–Kier alpha value is -0.610. The first-order valence-electron chi connectivity index (χ1n) is 3.95. The first-order valence-corrected chi connectivity index (χ1v) is 3.95. The van der Waals surface area contributed by atoms with E-state index in [1.54, 1.807) is 0 Å². The topological polar surface area (TPSA) is 69.2 Å². The molecule has 0 spiro atoms. The maximum atomic E-state index is 11.0. The number of hydrogen-bond acceptors (Lipinski definition) is 2. The molecule has 61 valence electrons. The predicted molar refractivity (Wildman–Crippen MR) is 39.9 cm³/mol. The fourth-order valence-electron chi connectivity index (χ4n) is 1.89. The van der Waals surface area contributed by atoms with Gasteiger partial charge in [-0.15, -0.1) is 0 Å². The van der Waals surface area contributed by atoms with Crippen molar-refractivity contribution in [3.8, 4) is 0 Å². The monoisotopic (exact) mass is 154 g/mol. The average molecular weight is 154 g/mol. The molecule has 4 nitrogen and oxygen atoms in total. The van der Waals surface area contributed by atoms with E-state index in [1.165, 1.54) is 0 Å². The van der Waals surface area contributed by atoms with Gasteiger partial charge in [0.25, 0.3) is 0 Å². The second-order valence-corrected chi connectivity index (χ2v) is 3.29. The van der Waals surface area contributed by atoms with Crippen LogP contribution < -0.4 is 16.4 Å². The molecule has 0 aromatic heterocycles. The molecule has 1 amide bonds. The zero-order valence-electron chi connectivity index (χ0n) is 6.34. The maximum Gasteiger partial charge on any atom is 0.240 e. The molecule has 2 aliphatic rings. The van der Waals surface area contributed by atoms with Crippen molar-refractivity contribution in [1.82, 2.24) is 10.6 Å². The van der Waals surface area contributed by atoms with Crippen LogP contribution in [0, 0.1) is 5.92 Å². The molecule has 2 unspecified atom stereocenters. The molecule has 11 heavy (non-hydrogen) atoms. The highest BCUT2D eigenvalue weighted by atomic mass is 16.1. The van der Waals surface area contributed by atoms with E-state index in [4.69, 9.17) is 5.73 Å². The normalized spacial score (nSPS) is 42.4. The molecule has 2 saturated heterocycles. The third-order valence-corrected chi connectivity index (χ3v) is 2.76. The van der Waals surface area contributed by atoms with Crippen molar-refractivity contribution < 1.29 is 4.79 Å². The van der Waals surface area contributed by atoms with Crippen molar-refractivity contribution in [2.45, 2.75) is 12.0 Å². The summed E-state index contributed by atoms with van der Waals surface area (Å²) in [6.07, 6.45) is 1.03. The van der Waals surface area contributed by atoms with Crippen LogP contribution in [0.1, 0.15) is 6.42 Å². The summed E-state index contributed by atoms with van der Waals surface area (Å²) in [6, 6.07) is 0. The van der Waals surface area contributed by atoms with Gasteiger partial charge in [0, 0.05) is 19.0 Å². The minimum absolute atomic E-state index is 0.263. The van der Waals surface area contributed by atoms with E-state index in [-0.39, 0.29) is 5.91 Å². The molecule has 1 radical (unpaired) electrons. The highest BCUT2D eigenvalue weighted by Gasteiger charge is 2.53. The number of rotatable bonds is 1. The summed E-state index contributed by atoms with van der Waals surface area (Å²) >= 11 is 0. The third-order valence-electron chi connectivity index (χ3n) is 2.76. The van der Waals surface area contributed by atoms with Crippen molar-refractivity contribution in [2.75, 3.05) is 19.6 Å². The fraction of sp³-hybridized carbons (Fsp3) is 0.857. The molecule has 0 aromatic rings. The van der Waals surface area contributed by atoms with Gasteiger partial charge in [-0.1, -0.05) is 0 Å². The molecular weight excluding hydrogens is 142 g/mol. The van der Waals surface area contributed by atoms with Gasteiger partial charge in [0.15, 0.2) is 0 Å². The Morgan fingerprint density at radius 2 is 2.55 bits per heavy atom. The molecule has 2 atom stereocenters. The van der Waals surface area contributed by atoms with Gasteiger partial charge in [-0.2, -0.15) is 0 Å². The Bertz CT molecular complexity index is 194. The molecule has 0 aromatic carbocycles. The summed E-state index contributed by atoms with van der Waals surface area (Å²) in [5.74, 6) is 0.155. The second kappa shape index (κ2) is 2.19. The van der Waals surface area contributed by atoms with Crippen molar-refractivity contribution in [3.05, 3.63) is 0 Å². The Morgan fingerprint density at radius 3 is 2.91 bits per heavy atom. The minimum Gasteiger partial charge on any atom is -0.368 e. The minimum atomic E-state index is -0.530. The molecule has 4 heteroatoms. The first kappa shape index (κ1) is 7.06. The Morgan fingerprint density at radius 1 is 1.73 bits per heavy atom. The first-order chi connectivity index (χ1) is 5.26. The number of piperidine rings is 1. The quantitative estimate of drug-likeness (QED) is 0.479. The molecule has 0 saturated carbocycles. The smallest absolute Gasteiger partial charge is 0.240 e. The van der Waals surface area contributed by atoms with E-state index in [9.17, 15) is 4.79 Å². The van der Waals surface area contributed by atoms with Crippen LogP contribution in [0.4, 0.5) is 0 Å². The number of hydrogen-bond donors (Lipinski definition) is 2. The van der Waals surface area contributed by atoms with Crippen LogP contribution in [0.5, 0.6) is 0 Å². The van der Waals surface area contributed by atoms with Gasteiger partial charge in [0.2, 0.25) is 5.91 Å². The van der Waals surface area contributed by atoms with Crippen LogP contribution in [0.25, 0.3) is 0 Å². The number of carbonyl (C=O) groups excluding carboxylic acids is 1. The van der Waals surface area contributed by atoms with E-state index in [1.807, 2.05) is 0 Å². The highest BCUT2D eigenvalue weighted by Crippen LogP contribution is 2.32. The standard InChI is InChI=1S/C7H12N3O/c8-6(11)7-4-9-2-1-5(7)3-10-7/h5,9H,1-4H2,(H2,8,11). The van der Waals surface area contributed by atoms with Crippen molar-refractivity contribution in [3.63, 3.8) is 0 Å². The molecule has 0 bridgehead atoms. The average Bonchev–Trinajstić information content (AvgIpc) is 1.91. The number of primary amides is 1. The van der Waals surface area contributed by atoms with E-state index in [2.05, 4.69) is 10.6 Å². The third kappa shape index (κ3) is 0.795. The summed E-state index contributed by atoms with van der Waals surface area (Å²) in [5, 5.41) is 7.33. The van der Waals surface area contributed by atoms with Gasteiger partial charge < -0.3 is 11.1 Å². The molecule has 0 aliphatic carbocycles. The number of nitrogens with two attached hydrogens (primary N) is 1. The number of nitrogens with zero attached hydrogens (tertiary/aromatic N) is 1. The summed E-state index contributed by atoms with van der Waals surface area (Å²) in [5.41, 5.74) is 4.74. The van der Waals surface area contributed by atoms with E-state index < -0.39 is 5.54 Å². The number of amides is 1. The Labute approximate surface area is 65.5 Å². The van der Waals surface area contributed by atoms with Crippen LogP contribution in [-0.4, -0.2) is 31.1 Å². The highest BCUT2D eigenvalue weighted by molar-refractivity contribution is 5.86. The summed E-state index contributed by atoms with van der Waals surface area (Å²) < 4.78 is 0. The molecule has 2 aliphatic heterocycles. The molecular formula is C7H12N3O. The maximum absolute atomic E-state index is 11.0. The van der Waals surface area contributed by atoms with E-state index in [0.29, 0.717) is 12.5 Å².